The second-order valence-corrected chi connectivity index (χ2v) is 12.2. The van der Waals surface area contributed by atoms with Crippen molar-refractivity contribution in [1.29, 1.82) is 0 Å². The highest BCUT2D eigenvalue weighted by atomic mass is 32.2. The van der Waals surface area contributed by atoms with E-state index in [4.69, 9.17) is 0 Å². The maximum absolute atomic E-state index is 14.0. The molecule has 0 aromatic heterocycles. The van der Waals surface area contributed by atoms with Crippen molar-refractivity contribution in [3.05, 3.63) is 83.9 Å². The number of carbonyl (C=O) groups excluding carboxylic acids is 1. The minimum atomic E-state index is -4.86. The molecule has 0 spiro atoms. The number of benzene rings is 3. The molecule has 2 N–H and O–H groups in total. The van der Waals surface area contributed by atoms with Gasteiger partial charge < -0.3 is 19.6 Å². The number of amides is 1. The van der Waals surface area contributed by atoms with E-state index in [9.17, 15) is 27.3 Å². The number of aliphatic hydroxyl groups is 1. The van der Waals surface area contributed by atoms with E-state index in [1.165, 1.54) is 26.1 Å². The van der Waals surface area contributed by atoms with Gasteiger partial charge >= 0.3 is 6.36 Å². The van der Waals surface area contributed by atoms with Crippen molar-refractivity contribution in [2.75, 3.05) is 25.0 Å². The number of rotatable bonds is 5. The Morgan fingerprint density at radius 1 is 0.976 bits per heavy atom. The quantitative estimate of drug-likeness (QED) is 0.460. The summed E-state index contributed by atoms with van der Waals surface area (Å²) in [6, 6.07) is 19.0. The maximum Gasteiger partial charge on any atom is 0.573 e. The molecule has 8 nitrogen and oxygen atoms in total. The molecule has 0 bridgehead atoms. The number of hydrogen-bond acceptors (Lipinski definition) is 6. The highest BCUT2D eigenvalue weighted by Gasteiger charge is 2.43. The van der Waals surface area contributed by atoms with E-state index in [-0.39, 0.29) is 23.9 Å². The normalized spacial score (nSPS) is 22.1. The third-order valence-corrected chi connectivity index (χ3v) is 9.57. The predicted molar refractivity (Wildman–Crippen MR) is 149 cm³/mol. The fraction of sp³-hybridized carbons (Fsp3) is 0.345. The van der Waals surface area contributed by atoms with Gasteiger partial charge in [0.2, 0.25) is 5.91 Å². The number of ether oxygens (including phenoxy) is 1. The summed E-state index contributed by atoms with van der Waals surface area (Å²) in [5.41, 5.74) is 4.06. The lowest BCUT2D eigenvalue weighted by atomic mass is 9.94. The van der Waals surface area contributed by atoms with Crippen molar-refractivity contribution >= 4 is 27.2 Å². The average molecular weight is 589 g/mol. The molecule has 3 aromatic carbocycles. The predicted octanol–water partition coefficient (Wildman–Crippen LogP) is 4.44. The summed E-state index contributed by atoms with van der Waals surface area (Å²) in [6.07, 6.45) is -4.35. The zero-order valence-corrected chi connectivity index (χ0v) is 23.4. The van der Waals surface area contributed by atoms with Gasteiger partial charge in [0.15, 0.2) is 0 Å². The highest BCUT2D eigenvalue weighted by Crippen LogP contribution is 2.39. The molecule has 41 heavy (non-hydrogen) atoms. The zero-order valence-electron chi connectivity index (χ0n) is 22.5. The number of likely N-dealkylation sites (tertiary alicyclic amines) is 1. The van der Waals surface area contributed by atoms with Crippen molar-refractivity contribution in [3.8, 4) is 5.75 Å². The molecule has 1 fully saturated rings. The SMILES string of the molecule is CN=S(=O)(NC1CN(C(C)=O)CC(N2c3ccccc3CCc3ccccc32)C1O)c1ccc(OC(F)(F)F)cc1. The molecule has 0 saturated carbocycles. The fourth-order valence-corrected chi connectivity index (χ4v) is 7.13. The molecular formula is C29H31F3N4O4S. The molecule has 3 aromatic rings. The summed E-state index contributed by atoms with van der Waals surface area (Å²) in [5.74, 6) is -0.670. The molecule has 2 heterocycles. The molecule has 218 valence electrons. The second kappa shape index (κ2) is 11.3. The van der Waals surface area contributed by atoms with E-state index in [0.29, 0.717) is 0 Å². The summed E-state index contributed by atoms with van der Waals surface area (Å²) in [5, 5.41) is 11.8. The van der Waals surface area contributed by atoms with E-state index in [1.807, 2.05) is 36.4 Å². The van der Waals surface area contributed by atoms with Crippen LogP contribution in [0.3, 0.4) is 0 Å². The van der Waals surface area contributed by atoms with Gasteiger partial charge in [-0.2, -0.15) is 0 Å². The van der Waals surface area contributed by atoms with Gasteiger partial charge in [0.1, 0.15) is 15.7 Å². The Bertz CT molecular complexity index is 1490. The Labute approximate surface area is 237 Å². The molecule has 5 rings (SSSR count). The smallest absolute Gasteiger partial charge is 0.406 e. The van der Waals surface area contributed by atoms with Crippen molar-refractivity contribution in [1.82, 2.24) is 9.62 Å². The fourth-order valence-electron chi connectivity index (χ4n) is 5.55. The van der Waals surface area contributed by atoms with Crippen LogP contribution in [0.15, 0.2) is 82.1 Å². The molecule has 0 aliphatic carbocycles. The van der Waals surface area contributed by atoms with Crippen LogP contribution in [-0.4, -0.2) is 64.8 Å². The summed E-state index contributed by atoms with van der Waals surface area (Å²) in [7, 11) is -2.08. The Morgan fingerprint density at radius 3 is 2.05 bits per heavy atom. The number of fused-ring (bicyclic) bond motifs is 2. The van der Waals surface area contributed by atoms with Crippen molar-refractivity contribution < 1.29 is 32.0 Å². The molecular weight excluding hydrogens is 557 g/mol. The first-order valence-electron chi connectivity index (χ1n) is 13.2. The van der Waals surface area contributed by atoms with Crippen LogP contribution in [-0.2, 0) is 27.6 Å². The van der Waals surface area contributed by atoms with E-state index in [2.05, 4.69) is 30.9 Å². The van der Waals surface area contributed by atoms with Crippen LogP contribution in [0.2, 0.25) is 0 Å². The highest BCUT2D eigenvalue weighted by molar-refractivity contribution is 7.91. The lowest BCUT2D eigenvalue weighted by molar-refractivity contribution is -0.274. The number of nitrogens with one attached hydrogen (secondary N) is 1. The van der Waals surface area contributed by atoms with Crippen LogP contribution in [0, 0.1) is 0 Å². The molecule has 2 aliphatic rings. The molecule has 2 aliphatic heterocycles. The minimum absolute atomic E-state index is 0.0614. The van der Waals surface area contributed by atoms with Gasteiger partial charge in [-0.1, -0.05) is 36.4 Å². The average Bonchev–Trinajstić information content (AvgIpc) is 3.10. The number of aryl methyl sites for hydroxylation is 2. The topological polar surface area (TPSA) is 94.5 Å². The number of aliphatic hydroxyl groups excluding tert-OH is 1. The third-order valence-electron chi connectivity index (χ3n) is 7.52. The van der Waals surface area contributed by atoms with Gasteiger partial charge in [-0.15, -0.1) is 13.2 Å². The maximum atomic E-state index is 14.0. The van der Waals surface area contributed by atoms with Gasteiger partial charge in [-0.3, -0.25) is 4.79 Å². The van der Waals surface area contributed by atoms with E-state index in [0.717, 1.165) is 47.5 Å². The van der Waals surface area contributed by atoms with Crippen molar-refractivity contribution in [3.63, 3.8) is 0 Å². The van der Waals surface area contributed by atoms with Gasteiger partial charge in [0, 0.05) is 38.4 Å². The van der Waals surface area contributed by atoms with Crippen LogP contribution in [0.1, 0.15) is 18.1 Å². The second-order valence-electron chi connectivity index (χ2n) is 10.1. The standard InChI is InChI=1S/C29H31F3N4O4S/c1-19(37)35-17-24(34-41(39,33-2)23-15-13-22(14-16-23)40-29(30,31)32)28(38)27(18-35)36-25-9-5-3-7-20(25)11-12-21-8-4-6-10-26(21)36/h3-10,13-16,24,27-28,38H,11-12,17-18H2,1-2H3,(H,33,34,39). The number of nitrogens with zero attached hydrogens (tertiary/aromatic N) is 3. The van der Waals surface area contributed by atoms with Crippen molar-refractivity contribution in [2.24, 2.45) is 4.36 Å². The molecule has 12 heteroatoms. The number of piperidine rings is 1. The number of anilines is 2. The van der Waals surface area contributed by atoms with Gasteiger partial charge in [0.25, 0.3) is 0 Å². The Kier molecular flexibility index (Phi) is 8.00. The summed E-state index contributed by atoms with van der Waals surface area (Å²) in [6.45, 7) is 1.73. The van der Waals surface area contributed by atoms with Crippen LogP contribution >= 0.6 is 0 Å². The number of hydrogen-bond donors (Lipinski definition) is 2. The van der Waals surface area contributed by atoms with Crippen LogP contribution < -0.4 is 14.4 Å². The van der Waals surface area contributed by atoms with E-state index < -0.39 is 40.2 Å². The van der Waals surface area contributed by atoms with E-state index >= 15 is 0 Å². The number of halogens is 3. The summed E-state index contributed by atoms with van der Waals surface area (Å²) in [4.78, 5) is 16.5. The minimum Gasteiger partial charge on any atom is -0.406 e. The molecule has 4 atom stereocenters. The number of alkyl halides is 3. The van der Waals surface area contributed by atoms with E-state index in [1.54, 1.807) is 4.90 Å². The van der Waals surface area contributed by atoms with Gasteiger partial charge in [-0.25, -0.2) is 13.3 Å². The molecule has 1 saturated heterocycles. The van der Waals surface area contributed by atoms with Gasteiger partial charge in [-0.05, 0) is 60.4 Å². The first kappa shape index (κ1) is 28.9. The third kappa shape index (κ3) is 6.04. The first-order chi connectivity index (χ1) is 19.5. The summed E-state index contributed by atoms with van der Waals surface area (Å²) < 4.78 is 62.8. The Balaban J connectivity index is 1.51. The Morgan fingerprint density at radius 2 is 1.54 bits per heavy atom. The first-order valence-corrected chi connectivity index (χ1v) is 14.7. The summed E-state index contributed by atoms with van der Waals surface area (Å²) >= 11 is 0. The van der Waals surface area contributed by atoms with Crippen LogP contribution in [0.25, 0.3) is 0 Å². The van der Waals surface area contributed by atoms with Gasteiger partial charge in [0.05, 0.1) is 23.1 Å². The van der Waals surface area contributed by atoms with Crippen molar-refractivity contribution in [2.45, 2.75) is 49.2 Å². The van der Waals surface area contributed by atoms with Crippen LogP contribution in [0.5, 0.6) is 5.75 Å². The lowest BCUT2D eigenvalue weighted by Crippen LogP contribution is -2.65. The molecule has 0 radical (unpaired) electrons. The number of carbonyl (C=O) groups is 1. The largest absolute Gasteiger partial charge is 0.573 e. The lowest BCUT2D eigenvalue weighted by Gasteiger charge is -2.47. The molecule has 1 amide bonds. The van der Waals surface area contributed by atoms with Crippen LogP contribution in [0.4, 0.5) is 24.5 Å². The Hall–Kier alpha value is -3.61. The molecule has 4 unspecified atom stereocenters. The zero-order chi connectivity index (χ0) is 29.4. The number of para-hydroxylation sites is 2. The monoisotopic (exact) mass is 588 g/mol.